The topological polar surface area (TPSA) is 15.3 Å². The van der Waals surface area contributed by atoms with E-state index >= 15 is 0 Å². The van der Waals surface area contributed by atoms with Crippen LogP contribution >= 0.6 is 0 Å². The Morgan fingerprint density at radius 1 is 1.33 bits per heavy atom. The zero-order valence-corrected chi connectivity index (χ0v) is 12.2. The van der Waals surface area contributed by atoms with E-state index in [0.717, 1.165) is 0 Å². The van der Waals surface area contributed by atoms with Crippen LogP contribution in [0, 0.1) is 13.8 Å². The van der Waals surface area contributed by atoms with Gasteiger partial charge in [-0.2, -0.15) is 0 Å². The van der Waals surface area contributed by atoms with Gasteiger partial charge < -0.3 is 10.2 Å². The van der Waals surface area contributed by atoms with Gasteiger partial charge in [0, 0.05) is 12.1 Å². The van der Waals surface area contributed by atoms with Crippen LogP contribution in [0.15, 0.2) is 18.2 Å². The summed E-state index contributed by atoms with van der Waals surface area (Å²) in [6.07, 6.45) is 3.69. The molecule has 18 heavy (non-hydrogen) atoms. The van der Waals surface area contributed by atoms with E-state index in [9.17, 15) is 0 Å². The molecule has 0 radical (unpaired) electrons. The number of nitrogens with one attached hydrogen (secondary N) is 1. The van der Waals surface area contributed by atoms with Crippen molar-refractivity contribution < 1.29 is 0 Å². The van der Waals surface area contributed by atoms with Crippen molar-refractivity contribution in [3.8, 4) is 0 Å². The number of hydrogen-bond acceptors (Lipinski definition) is 2. The summed E-state index contributed by atoms with van der Waals surface area (Å²) in [5.74, 6) is 0. The molecule has 0 spiro atoms. The average Bonchev–Trinajstić information content (AvgIpc) is 2.73. The van der Waals surface area contributed by atoms with Crippen LogP contribution in [0.1, 0.15) is 29.5 Å². The highest BCUT2D eigenvalue weighted by Gasteiger charge is 2.34. The second-order valence-corrected chi connectivity index (χ2v) is 5.95. The standard InChI is InChI=1S/C16H26N2/c1-13-5-6-14(2)15(11-13)7-8-16(17-3)9-10-18(4)12-16/h5-6,11,17H,7-10,12H2,1-4H3. The minimum absolute atomic E-state index is 0.324. The SMILES string of the molecule is CNC1(CCc2cc(C)ccc2C)CCN(C)C1. The third-order valence-corrected chi connectivity index (χ3v) is 4.45. The van der Waals surface area contributed by atoms with Crippen LogP contribution in [-0.2, 0) is 6.42 Å². The summed E-state index contributed by atoms with van der Waals surface area (Å²) >= 11 is 0. The van der Waals surface area contributed by atoms with Gasteiger partial charge >= 0.3 is 0 Å². The molecule has 1 aromatic rings. The molecular formula is C16H26N2. The van der Waals surface area contributed by atoms with Gasteiger partial charge in [-0.25, -0.2) is 0 Å². The lowest BCUT2D eigenvalue weighted by Gasteiger charge is -2.29. The van der Waals surface area contributed by atoms with Crippen molar-refractivity contribution in [3.63, 3.8) is 0 Å². The second kappa shape index (κ2) is 5.41. The summed E-state index contributed by atoms with van der Waals surface area (Å²) in [5.41, 5.74) is 4.64. The van der Waals surface area contributed by atoms with Gasteiger partial charge in [0.15, 0.2) is 0 Å². The minimum atomic E-state index is 0.324. The molecule has 1 aliphatic heterocycles. The molecule has 1 heterocycles. The quantitative estimate of drug-likeness (QED) is 0.878. The van der Waals surface area contributed by atoms with E-state index in [0.29, 0.717) is 5.54 Å². The van der Waals surface area contributed by atoms with Gasteiger partial charge in [0.2, 0.25) is 0 Å². The highest BCUT2D eigenvalue weighted by Crippen LogP contribution is 2.26. The van der Waals surface area contributed by atoms with E-state index < -0.39 is 0 Å². The molecule has 0 saturated carbocycles. The maximum Gasteiger partial charge on any atom is 0.0321 e. The van der Waals surface area contributed by atoms with Crippen molar-refractivity contribution in [2.45, 2.75) is 38.6 Å². The van der Waals surface area contributed by atoms with E-state index in [2.05, 4.69) is 56.4 Å². The summed E-state index contributed by atoms with van der Waals surface area (Å²) in [6, 6.07) is 6.80. The Kier molecular flexibility index (Phi) is 4.08. The fraction of sp³-hybridized carbons (Fsp3) is 0.625. The van der Waals surface area contributed by atoms with Crippen LogP contribution in [0.2, 0.25) is 0 Å². The molecule has 100 valence electrons. The van der Waals surface area contributed by atoms with E-state index in [4.69, 9.17) is 0 Å². The van der Waals surface area contributed by atoms with Crippen LogP contribution < -0.4 is 5.32 Å². The Labute approximate surface area is 111 Å². The fourth-order valence-electron chi connectivity index (χ4n) is 3.06. The molecule has 0 aliphatic carbocycles. The molecular weight excluding hydrogens is 220 g/mol. The summed E-state index contributed by atoms with van der Waals surface area (Å²) in [6.45, 7) is 6.80. The maximum absolute atomic E-state index is 3.57. The molecule has 2 heteroatoms. The van der Waals surface area contributed by atoms with Crippen LogP contribution in [0.5, 0.6) is 0 Å². The zero-order chi connectivity index (χ0) is 13.2. The van der Waals surface area contributed by atoms with Gasteiger partial charge in [0.25, 0.3) is 0 Å². The molecule has 0 amide bonds. The Bertz CT molecular complexity index is 414. The number of aryl methyl sites for hydroxylation is 3. The largest absolute Gasteiger partial charge is 0.313 e. The maximum atomic E-state index is 3.57. The third kappa shape index (κ3) is 2.93. The number of rotatable bonds is 4. The van der Waals surface area contributed by atoms with Crippen LogP contribution in [0.25, 0.3) is 0 Å². The van der Waals surface area contributed by atoms with Crippen molar-refractivity contribution in [3.05, 3.63) is 34.9 Å². The molecule has 0 bridgehead atoms. The lowest BCUT2D eigenvalue weighted by molar-refractivity contribution is 0.310. The molecule has 1 N–H and O–H groups in total. The lowest BCUT2D eigenvalue weighted by Crippen LogP contribution is -2.45. The normalized spacial score (nSPS) is 24.7. The van der Waals surface area contributed by atoms with Crippen molar-refractivity contribution >= 4 is 0 Å². The van der Waals surface area contributed by atoms with Crippen molar-refractivity contribution in [2.24, 2.45) is 0 Å². The molecule has 0 aromatic heterocycles. The Hall–Kier alpha value is -0.860. The van der Waals surface area contributed by atoms with Gasteiger partial charge in [-0.05, 0) is 64.9 Å². The molecule has 1 aliphatic rings. The lowest BCUT2D eigenvalue weighted by atomic mass is 9.89. The van der Waals surface area contributed by atoms with Crippen LogP contribution in [-0.4, -0.2) is 37.6 Å². The number of nitrogens with zero attached hydrogens (tertiary/aromatic N) is 1. The molecule has 1 saturated heterocycles. The predicted octanol–water partition coefficient (Wildman–Crippen LogP) is 2.53. The van der Waals surface area contributed by atoms with Crippen molar-refractivity contribution in [2.75, 3.05) is 27.2 Å². The molecule has 1 atom stereocenters. The minimum Gasteiger partial charge on any atom is -0.313 e. The van der Waals surface area contributed by atoms with E-state index in [1.807, 2.05) is 0 Å². The second-order valence-electron chi connectivity index (χ2n) is 5.95. The predicted molar refractivity (Wildman–Crippen MR) is 78.1 cm³/mol. The first-order valence-electron chi connectivity index (χ1n) is 6.98. The Morgan fingerprint density at radius 3 is 2.72 bits per heavy atom. The van der Waals surface area contributed by atoms with E-state index in [1.165, 1.54) is 49.0 Å². The van der Waals surface area contributed by atoms with Gasteiger partial charge in [0.1, 0.15) is 0 Å². The first-order chi connectivity index (χ1) is 8.54. The first kappa shape index (κ1) is 13.6. The number of likely N-dealkylation sites (tertiary alicyclic amines) is 1. The van der Waals surface area contributed by atoms with Gasteiger partial charge in [0.05, 0.1) is 0 Å². The highest BCUT2D eigenvalue weighted by molar-refractivity contribution is 5.30. The van der Waals surface area contributed by atoms with Crippen molar-refractivity contribution in [1.29, 1.82) is 0 Å². The summed E-state index contributed by atoms with van der Waals surface area (Å²) in [7, 11) is 4.33. The Balaban J connectivity index is 2.04. The molecule has 2 rings (SSSR count). The number of benzene rings is 1. The van der Waals surface area contributed by atoms with E-state index in [1.54, 1.807) is 0 Å². The smallest absolute Gasteiger partial charge is 0.0321 e. The Morgan fingerprint density at radius 2 is 2.11 bits per heavy atom. The summed E-state index contributed by atoms with van der Waals surface area (Å²) in [4.78, 5) is 2.43. The molecule has 1 aromatic carbocycles. The third-order valence-electron chi connectivity index (χ3n) is 4.45. The van der Waals surface area contributed by atoms with Gasteiger partial charge in [-0.1, -0.05) is 23.8 Å². The van der Waals surface area contributed by atoms with Crippen molar-refractivity contribution in [1.82, 2.24) is 10.2 Å². The monoisotopic (exact) mass is 246 g/mol. The summed E-state index contributed by atoms with van der Waals surface area (Å²) < 4.78 is 0. The number of hydrogen-bond donors (Lipinski definition) is 1. The van der Waals surface area contributed by atoms with E-state index in [-0.39, 0.29) is 0 Å². The molecule has 1 unspecified atom stereocenters. The molecule has 1 fully saturated rings. The average molecular weight is 246 g/mol. The summed E-state index contributed by atoms with van der Waals surface area (Å²) in [5, 5.41) is 3.57. The van der Waals surface area contributed by atoms with Gasteiger partial charge in [-0.3, -0.25) is 0 Å². The number of likely N-dealkylation sites (N-methyl/N-ethyl adjacent to an activating group) is 2. The van der Waals surface area contributed by atoms with Crippen LogP contribution in [0.3, 0.4) is 0 Å². The van der Waals surface area contributed by atoms with Gasteiger partial charge in [-0.15, -0.1) is 0 Å². The highest BCUT2D eigenvalue weighted by atomic mass is 15.2. The molecule has 2 nitrogen and oxygen atoms in total. The van der Waals surface area contributed by atoms with Crippen LogP contribution in [0.4, 0.5) is 0 Å². The fourth-order valence-corrected chi connectivity index (χ4v) is 3.06. The zero-order valence-electron chi connectivity index (χ0n) is 12.2. The first-order valence-corrected chi connectivity index (χ1v) is 6.98.